The summed E-state index contributed by atoms with van der Waals surface area (Å²) in [5.41, 5.74) is -4.49. The molecule has 8 heteroatoms. The minimum Gasteiger partial charge on any atom is -0.439 e. The maximum atomic E-state index is 14.1. The van der Waals surface area contributed by atoms with E-state index in [1.807, 2.05) is 6.92 Å². The summed E-state index contributed by atoms with van der Waals surface area (Å²) < 4.78 is 5.90. The van der Waals surface area contributed by atoms with Gasteiger partial charge in [0.25, 0.3) is 0 Å². The molecule has 1 heterocycles. The van der Waals surface area contributed by atoms with E-state index >= 15 is 0 Å². The lowest BCUT2D eigenvalue weighted by Gasteiger charge is -2.68. The van der Waals surface area contributed by atoms with Crippen molar-refractivity contribution in [1.29, 1.82) is 0 Å². The molecular formula is C28H33ClO7. The van der Waals surface area contributed by atoms with Crippen molar-refractivity contribution in [2.24, 2.45) is 28.6 Å². The molecule has 0 bridgehead atoms. The molecule has 3 N–H and O–H groups in total. The zero-order valence-electron chi connectivity index (χ0n) is 21.1. The number of fused-ring (bicyclic) bond motifs is 5. The summed E-state index contributed by atoms with van der Waals surface area (Å²) in [4.78, 5) is 39.4. The van der Waals surface area contributed by atoms with E-state index in [1.165, 1.54) is 6.08 Å². The van der Waals surface area contributed by atoms with Crippen LogP contribution in [0.5, 0.6) is 0 Å². The number of alkyl halides is 1. The van der Waals surface area contributed by atoms with E-state index in [0.717, 1.165) is 0 Å². The Balaban J connectivity index is 1.65. The number of aliphatic hydroxyl groups excluding tert-OH is 2. The summed E-state index contributed by atoms with van der Waals surface area (Å²) in [6, 6.07) is 0. The smallest absolute Gasteiger partial charge is 0.335 e. The Bertz CT molecular complexity index is 1230. The fraction of sp³-hybridized carbons (Fsp3) is 0.679. The van der Waals surface area contributed by atoms with Gasteiger partial charge in [-0.2, -0.15) is 0 Å². The van der Waals surface area contributed by atoms with Gasteiger partial charge in [0.15, 0.2) is 5.78 Å². The fourth-order valence-electron chi connectivity index (χ4n) is 9.54. The minimum atomic E-state index is -1.98. The number of esters is 1. The molecule has 0 unspecified atom stereocenters. The predicted octanol–water partition coefficient (Wildman–Crippen LogP) is 2.55. The highest BCUT2D eigenvalue weighted by molar-refractivity contribution is 6.28. The number of carbonyl (C=O) groups excluding carboxylic acids is 3. The van der Waals surface area contributed by atoms with Crippen molar-refractivity contribution in [2.45, 2.75) is 82.0 Å². The van der Waals surface area contributed by atoms with E-state index in [2.05, 4.69) is 0 Å². The number of carbonyl (C=O) groups is 3. The van der Waals surface area contributed by atoms with Gasteiger partial charge in [-0.1, -0.05) is 25.5 Å². The molecule has 0 aromatic carbocycles. The molecule has 3 saturated carbocycles. The molecule has 5 aliphatic carbocycles. The monoisotopic (exact) mass is 516 g/mol. The van der Waals surface area contributed by atoms with Crippen LogP contribution >= 0.6 is 11.6 Å². The highest BCUT2D eigenvalue weighted by Crippen LogP contribution is 2.75. The van der Waals surface area contributed by atoms with E-state index in [9.17, 15) is 29.7 Å². The predicted molar refractivity (Wildman–Crippen MR) is 130 cm³/mol. The topological polar surface area (TPSA) is 121 Å². The number of hydrogen-bond acceptors (Lipinski definition) is 7. The molecular weight excluding hydrogens is 484 g/mol. The molecule has 36 heavy (non-hydrogen) atoms. The summed E-state index contributed by atoms with van der Waals surface area (Å²) in [5, 5.41) is 34.7. The first kappa shape index (κ1) is 24.5. The molecule has 0 aromatic heterocycles. The number of ketones is 2. The normalized spacial score (nSPS) is 51.5. The van der Waals surface area contributed by atoms with E-state index < -0.39 is 57.3 Å². The molecule has 7 nitrogen and oxygen atoms in total. The molecule has 1 spiro atoms. The fourth-order valence-corrected chi connectivity index (χ4v) is 9.95. The molecule has 194 valence electrons. The lowest BCUT2D eigenvalue weighted by molar-refractivity contribution is -0.256. The third kappa shape index (κ3) is 2.21. The standard InChI is InChI=1S/C28H33ClO7/c1-13-14(2)28(36-23(13)34)22(33)16(12-30)18-8-7-17-15-10-21(32)26(29)9-5-6-20(31)25(26,4)19(15)11-27(28,35)24(17,18)3/h5-6,15,17,19,21,30,32,35H,7-12H2,1-4H3/t15-,17-,19-,21+,24-,25-,26-,27+,28-/m0/s1. The molecule has 0 radical (unpaired) electrons. The van der Waals surface area contributed by atoms with Crippen molar-refractivity contribution in [1.82, 2.24) is 0 Å². The molecule has 0 aromatic rings. The van der Waals surface area contributed by atoms with E-state index in [1.54, 1.807) is 26.8 Å². The maximum absolute atomic E-state index is 14.1. The Kier molecular flexibility index (Phi) is 4.76. The van der Waals surface area contributed by atoms with Crippen LogP contribution in [0.2, 0.25) is 0 Å². The number of aliphatic hydroxyl groups is 3. The molecule has 3 fully saturated rings. The quantitative estimate of drug-likeness (QED) is 0.362. The average Bonchev–Trinajstić information content (AvgIpc) is 3.29. The Labute approximate surface area is 215 Å². The lowest BCUT2D eigenvalue weighted by Crippen LogP contribution is -2.78. The van der Waals surface area contributed by atoms with Gasteiger partial charge >= 0.3 is 5.97 Å². The van der Waals surface area contributed by atoms with Crippen LogP contribution in [0.4, 0.5) is 0 Å². The first-order valence-electron chi connectivity index (χ1n) is 12.9. The zero-order valence-corrected chi connectivity index (χ0v) is 21.8. The SMILES string of the molecule is CC1=C(C)[C@]2(OC1=O)C(=O)C(CO)=C1CC[C@H]3[C@@H]4C[C@@H](O)[C@@]5(Cl)CC=CC(=O)[C@]5(C)[C@H]4C[C@@]2(O)[C@]13C. The number of rotatable bonds is 1. The van der Waals surface area contributed by atoms with Gasteiger partial charge in [-0.15, -0.1) is 11.6 Å². The number of ether oxygens (including phenoxy) is 1. The van der Waals surface area contributed by atoms with Crippen LogP contribution in [0.3, 0.4) is 0 Å². The third-order valence-electron chi connectivity index (χ3n) is 11.6. The third-order valence-corrected chi connectivity index (χ3v) is 12.4. The maximum Gasteiger partial charge on any atom is 0.335 e. The van der Waals surface area contributed by atoms with Crippen LogP contribution in [-0.4, -0.2) is 61.6 Å². The molecule has 0 amide bonds. The van der Waals surface area contributed by atoms with Gasteiger partial charge in [0.1, 0.15) is 5.60 Å². The summed E-state index contributed by atoms with van der Waals surface area (Å²) in [7, 11) is 0. The second-order valence-corrected chi connectivity index (χ2v) is 12.9. The van der Waals surface area contributed by atoms with E-state index in [0.29, 0.717) is 36.8 Å². The van der Waals surface area contributed by atoms with Gasteiger partial charge in [-0.3, -0.25) is 9.59 Å². The highest BCUT2D eigenvalue weighted by Gasteiger charge is 2.81. The van der Waals surface area contributed by atoms with Gasteiger partial charge in [0.05, 0.1) is 23.0 Å². The Morgan fingerprint density at radius 1 is 1.14 bits per heavy atom. The summed E-state index contributed by atoms with van der Waals surface area (Å²) in [6.07, 6.45) is 4.12. The molecule has 6 rings (SSSR count). The first-order chi connectivity index (χ1) is 16.8. The summed E-state index contributed by atoms with van der Waals surface area (Å²) in [5.74, 6) is -2.24. The van der Waals surface area contributed by atoms with E-state index in [4.69, 9.17) is 16.3 Å². The molecule has 9 atom stereocenters. The number of halogens is 1. The number of Topliss-reactive ketones (excluding diaryl/α,β-unsaturated/α-hetero) is 1. The van der Waals surface area contributed by atoms with Crippen LogP contribution in [0.15, 0.2) is 34.4 Å². The van der Waals surface area contributed by atoms with Crippen LogP contribution in [0.1, 0.15) is 59.8 Å². The first-order valence-corrected chi connectivity index (χ1v) is 13.2. The Morgan fingerprint density at radius 2 is 1.83 bits per heavy atom. The average molecular weight is 517 g/mol. The van der Waals surface area contributed by atoms with Crippen molar-refractivity contribution in [3.05, 3.63) is 34.4 Å². The Hall–Kier alpha value is -1.80. The van der Waals surface area contributed by atoms with Gasteiger partial charge in [-0.05, 0) is 75.4 Å². The molecule has 0 saturated heterocycles. The second-order valence-electron chi connectivity index (χ2n) is 12.2. The minimum absolute atomic E-state index is 0.00772. The van der Waals surface area contributed by atoms with Gasteiger partial charge in [0, 0.05) is 16.6 Å². The highest BCUT2D eigenvalue weighted by atomic mass is 35.5. The van der Waals surface area contributed by atoms with Crippen molar-refractivity contribution < 1.29 is 34.4 Å². The van der Waals surface area contributed by atoms with Crippen molar-refractivity contribution in [3.63, 3.8) is 0 Å². The van der Waals surface area contributed by atoms with Crippen molar-refractivity contribution in [2.75, 3.05) is 6.61 Å². The largest absolute Gasteiger partial charge is 0.439 e. The van der Waals surface area contributed by atoms with Crippen molar-refractivity contribution >= 4 is 29.1 Å². The van der Waals surface area contributed by atoms with Crippen LogP contribution in [0, 0.1) is 28.6 Å². The summed E-state index contributed by atoms with van der Waals surface area (Å²) in [6.45, 7) is 6.41. The lowest BCUT2D eigenvalue weighted by atomic mass is 9.38. The zero-order chi connectivity index (χ0) is 26.2. The number of hydrogen-bond donors (Lipinski definition) is 3. The van der Waals surface area contributed by atoms with Crippen LogP contribution in [0.25, 0.3) is 0 Å². The van der Waals surface area contributed by atoms with E-state index in [-0.39, 0.29) is 35.2 Å². The van der Waals surface area contributed by atoms with Gasteiger partial charge < -0.3 is 20.1 Å². The Morgan fingerprint density at radius 3 is 2.44 bits per heavy atom. The van der Waals surface area contributed by atoms with Crippen LogP contribution < -0.4 is 0 Å². The van der Waals surface area contributed by atoms with Gasteiger partial charge in [0.2, 0.25) is 11.4 Å². The molecule has 1 aliphatic heterocycles. The summed E-state index contributed by atoms with van der Waals surface area (Å²) >= 11 is 7.13. The second kappa shape index (κ2) is 6.99. The molecule has 6 aliphatic rings. The van der Waals surface area contributed by atoms with Gasteiger partial charge in [-0.25, -0.2) is 4.79 Å². The number of allylic oxidation sites excluding steroid dienone is 2. The van der Waals surface area contributed by atoms with Crippen molar-refractivity contribution in [3.8, 4) is 0 Å². The van der Waals surface area contributed by atoms with Crippen LogP contribution in [-0.2, 0) is 19.1 Å².